The Morgan fingerprint density at radius 2 is 1.00 bits per heavy atom. The topological polar surface area (TPSA) is 0 Å². The van der Waals surface area contributed by atoms with E-state index in [1.807, 2.05) is 0 Å². The normalized spacial score (nSPS) is 0. The van der Waals surface area contributed by atoms with E-state index in [9.17, 15) is 0 Å². The van der Waals surface area contributed by atoms with Gasteiger partial charge in [0.05, 0.1) is 0 Å². The predicted octanol–water partition coefficient (Wildman–Crippen LogP) is 0.0713. The van der Waals surface area contributed by atoms with Gasteiger partial charge >= 0.3 is 0 Å². The first-order valence-electron chi connectivity index (χ1n) is 0. The minimum atomic E-state index is 0. The van der Waals surface area contributed by atoms with Gasteiger partial charge in [-0.25, -0.2) is 0 Å². The maximum absolute atomic E-state index is 0. The van der Waals surface area contributed by atoms with Crippen LogP contribution in [-0.4, -0.2) is 0 Å². The molecule has 0 amide bonds. The van der Waals surface area contributed by atoms with Crippen LogP contribution in [0, 0.1) is 7.43 Å². The van der Waals surface area contributed by atoms with Crippen LogP contribution >= 0.6 is 0 Å². The Morgan fingerprint density at radius 3 is 1.00 bits per heavy atom. The molecule has 0 N–H and O–H groups in total. The van der Waals surface area contributed by atoms with E-state index in [-0.39, 0.29) is 97.5 Å². The zero-order valence-electron chi connectivity index (χ0n) is 2.32. The summed E-state index contributed by atoms with van der Waals surface area (Å²) in [5.41, 5.74) is 0. The van der Waals surface area contributed by atoms with Crippen LogP contribution in [0.25, 0.3) is 0 Å². The fourth-order valence-corrected chi connectivity index (χ4v) is 0. The quantitative estimate of drug-likeness (QED) is 0.477. The van der Waals surface area contributed by atoms with Gasteiger partial charge in [-0.1, -0.05) is 0 Å². The summed E-state index contributed by atoms with van der Waals surface area (Å²) in [6, 6.07) is 0. The zero-order valence-corrected chi connectivity index (χ0v) is 11.3. The molecule has 0 bridgehead atoms. The average molecular weight is 431 g/mol. The molecule has 5 heavy (non-hydrogen) atoms. The fraction of sp³-hybridized carbons (Fsp3) is 0. The third kappa shape index (κ3) is 19.5. The van der Waals surface area contributed by atoms with Crippen LogP contribution in [0.4, 0.5) is 0 Å². The number of hydrogen-bond donors (Lipinski definition) is 0. The molecular formula is CMoTiWZr. The zero-order chi connectivity index (χ0) is 0. The van der Waals surface area contributed by atoms with Crippen molar-refractivity contribution in [3.05, 3.63) is 7.43 Å². The molecule has 0 atom stereocenters. The molecule has 0 heterocycles. The van der Waals surface area contributed by atoms with E-state index in [1.165, 1.54) is 0 Å². The van der Waals surface area contributed by atoms with Gasteiger partial charge in [0.25, 0.3) is 0 Å². The minimum absolute atomic E-state index is 0. The first-order valence-corrected chi connectivity index (χ1v) is 0. The SMILES string of the molecule is [C].[Mo].[Ti].[W].[Zr]. The molecule has 4 heteroatoms. The Balaban J connectivity index is 0. The molecule has 0 aromatic carbocycles. The summed E-state index contributed by atoms with van der Waals surface area (Å²) in [5.74, 6) is 0. The predicted molar refractivity (Wildman–Crippen MR) is 3.24 cm³/mol. The van der Waals surface area contributed by atoms with Gasteiger partial charge in [-0.05, 0) is 0 Å². The van der Waals surface area contributed by atoms with Crippen molar-refractivity contribution in [3.63, 3.8) is 0 Å². The van der Waals surface area contributed by atoms with Crippen molar-refractivity contribution in [2.45, 2.75) is 0 Å². The third-order valence-corrected chi connectivity index (χ3v) is 0. The van der Waals surface area contributed by atoms with Crippen molar-refractivity contribution in [2.75, 3.05) is 0 Å². The minimum Gasteiger partial charge on any atom is 0 e. The second-order valence-corrected chi connectivity index (χ2v) is 0. The van der Waals surface area contributed by atoms with Gasteiger partial charge in [-0.3, -0.25) is 0 Å². The van der Waals surface area contributed by atoms with Crippen LogP contribution in [0.1, 0.15) is 0 Å². The van der Waals surface area contributed by atoms with E-state index in [2.05, 4.69) is 0 Å². The molecule has 0 saturated carbocycles. The Bertz CT molecular complexity index is 11.6. The average Bonchev–Trinajstić information content (AvgIpc) is 0. The second kappa shape index (κ2) is 28.1. The second-order valence-electron chi connectivity index (χ2n) is 0. The Hall–Kier alpha value is 2.97. The van der Waals surface area contributed by atoms with E-state index >= 15 is 0 Å². The largest absolute Gasteiger partial charge is 0 e. The maximum atomic E-state index is 0. The monoisotopic (exact) mass is 432 g/mol. The smallest absolute Gasteiger partial charge is 0 e. The van der Waals surface area contributed by atoms with Crippen LogP contribution < -0.4 is 0 Å². The molecule has 0 aromatic rings. The van der Waals surface area contributed by atoms with Gasteiger partial charge in [-0.2, -0.15) is 0 Å². The molecule has 0 rings (SSSR count). The van der Waals surface area contributed by atoms with Gasteiger partial charge in [0, 0.05) is 97.5 Å². The van der Waals surface area contributed by atoms with Gasteiger partial charge < -0.3 is 0 Å². The Morgan fingerprint density at radius 1 is 1.00 bits per heavy atom. The van der Waals surface area contributed by atoms with Crippen LogP contribution in [0.3, 0.4) is 0 Å². The van der Waals surface area contributed by atoms with Crippen molar-refractivity contribution >= 4 is 0 Å². The van der Waals surface area contributed by atoms with Gasteiger partial charge in [-0.15, -0.1) is 0 Å². The van der Waals surface area contributed by atoms with E-state index in [1.54, 1.807) is 0 Å². The van der Waals surface area contributed by atoms with E-state index in [4.69, 9.17) is 0 Å². The molecule has 0 aliphatic heterocycles. The number of hydrogen-bond acceptors (Lipinski definition) is 0. The molecule has 4 radical (unpaired) electrons. The summed E-state index contributed by atoms with van der Waals surface area (Å²) in [7, 11) is 0. The van der Waals surface area contributed by atoms with Crippen molar-refractivity contribution in [2.24, 2.45) is 0 Å². The van der Waals surface area contributed by atoms with Crippen LogP contribution in [0.2, 0.25) is 0 Å². The van der Waals surface area contributed by atoms with Crippen molar-refractivity contribution in [1.82, 2.24) is 0 Å². The van der Waals surface area contributed by atoms with Crippen molar-refractivity contribution < 1.29 is 90.1 Å². The Kier molecular flexibility index (Phi) is 247. The molecule has 24 valence electrons. The number of rotatable bonds is 0. The summed E-state index contributed by atoms with van der Waals surface area (Å²) in [4.78, 5) is 0. The van der Waals surface area contributed by atoms with E-state index in [0.29, 0.717) is 0 Å². The Labute approximate surface area is 95.8 Å². The summed E-state index contributed by atoms with van der Waals surface area (Å²) in [6.07, 6.45) is 0. The van der Waals surface area contributed by atoms with Crippen LogP contribution in [0.15, 0.2) is 0 Å². The first-order chi connectivity index (χ1) is 0. The van der Waals surface area contributed by atoms with Crippen molar-refractivity contribution in [3.8, 4) is 0 Å². The van der Waals surface area contributed by atoms with E-state index in [0.717, 1.165) is 0 Å². The molecule has 0 unspecified atom stereocenters. The molecule has 0 aliphatic rings. The maximum Gasteiger partial charge on any atom is 0 e. The van der Waals surface area contributed by atoms with Gasteiger partial charge in [0.1, 0.15) is 0 Å². The van der Waals surface area contributed by atoms with Gasteiger partial charge in [0.2, 0.25) is 0 Å². The molecule has 0 saturated heterocycles. The molecule has 0 spiro atoms. The summed E-state index contributed by atoms with van der Waals surface area (Å²) >= 11 is 0. The third-order valence-electron chi connectivity index (χ3n) is 0. The molecule has 0 fully saturated rings. The van der Waals surface area contributed by atoms with E-state index < -0.39 is 0 Å². The van der Waals surface area contributed by atoms with Gasteiger partial charge in [0.15, 0.2) is 0 Å². The molecular weight excluding hydrogens is 431 g/mol. The van der Waals surface area contributed by atoms with Crippen molar-refractivity contribution in [1.29, 1.82) is 0 Å². The first kappa shape index (κ1) is 43.8. The molecule has 0 aromatic heterocycles. The van der Waals surface area contributed by atoms with Crippen LogP contribution in [-0.2, 0) is 90.1 Å². The molecule has 0 nitrogen and oxygen atoms in total. The summed E-state index contributed by atoms with van der Waals surface area (Å²) in [5, 5.41) is 0. The standard InChI is InChI=1S/C.Mo.Ti.W.Zr. The summed E-state index contributed by atoms with van der Waals surface area (Å²) in [6.45, 7) is 0. The summed E-state index contributed by atoms with van der Waals surface area (Å²) < 4.78 is 0. The van der Waals surface area contributed by atoms with Crippen LogP contribution in [0.5, 0.6) is 0 Å². The fourth-order valence-electron chi connectivity index (χ4n) is 0. The molecule has 0 aliphatic carbocycles.